The highest BCUT2D eigenvalue weighted by Gasteiger charge is 2.60. The van der Waals surface area contributed by atoms with E-state index in [2.05, 4.69) is 46.8 Å². The average Bonchev–Trinajstić information content (AvgIpc) is 0.754. The maximum absolute atomic E-state index is 14.9. The van der Waals surface area contributed by atoms with Crippen LogP contribution in [0.15, 0.2) is 12.2 Å². The van der Waals surface area contributed by atoms with Crippen LogP contribution in [-0.2, 0) is 70.7 Å². The van der Waals surface area contributed by atoms with Crippen molar-refractivity contribution in [1.29, 1.82) is 0 Å². The summed E-state index contributed by atoms with van der Waals surface area (Å²) in [5, 5.41) is 102. The van der Waals surface area contributed by atoms with E-state index in [1.807, 2.05) is 0 Å². The molecule has 0 radical (unpaired) electrons. The van der Waals surface area contributed by atoms with Gasteiger partial charge in [-0.05, 0) is 57.3 Å². The van der Waals surface area contributed by atoms with Crippen molar-refractivity contribution < 1.29 is 122 Å². The highest BCUT2D eigenvalue weighted by Crippen LogP contribution is 2.49. The zero-order valence-corrected chi connectivity index (χ0v) is 75.7. The molecular weight excluding hydrogens is 1550 g/mol. The van der Waals surface area contributed by atoms with Gasteiger partial charge in [-0.25, -0.2) is 4.57 Å². The third-order valence-corrected chi connectivity index (χ3v) is 24.9. The van der Waals surface area contributed by atoms with E-state index in [4.69, 9.17) is 46.9 Å². The lowest BCUT2D eigenvalue weighted by Crippen LogP contribution is -2.70. The molecule has 1 saturated carbocycles. The quantitative estimate of drug-likeness (QED) is 0.00889. The fourth-order valence-electron chi connectivity index (χ4n) is 16.1. The molecule has 1 aliphatic carbocycles. The van der Waals surface area contributed by atoms with Crippen molar-refractivity contribution in [2.75, 3.05) is 26.4 Å². The number of hydrogen-bond donors (Lipinski definition) is 10. The van der Waals surface area contributed by atoms with E-state index in [0.717, 1.165) is 122 Å². The Morgan fingerprint density at radius 2 is 0.681 bits per heavy atom. The smallest absolute Gasteiger partial charge is 0.463 e. The van der Waals surface area contributed by atoms with Crippen molar-refractivity contribution in [3.05, 3.63) is 12.2 Å². The standard InChI is InChI=1S/C93H173O25P/c1-6-10-14-18-22-25-28-31-33-35-38-41-43-46-54-60-66-78(97)112-73(69-109-76(95)64-58-52-45-42-39-37-34-32-29-26-23-19-15-11-7-2)70-111-119(107,108)118-91-89(116-92-86(105)82(101)80(99)74(68-94)113-92)85(104)84(103)88(115-79(98)67-61-55-47-44-40-36-30-27-24-20-16-12-8-3)90(91)117-93-87(106)83(102)81(100)75(114-93)71-110-77(96)65-59-53-49-48-51-57-63-72(5)62-56-50-21-17-13-9-4/h36,40,72-75,80-94,99-106H,6-35,37-39,41-71H2,1-5H3,(H,107,108)/b40-36-. The van der Waals surface area contributed by atoms with Gasteiger partial charge in [0.2, 0.25) is 0 Å². The maximum Gasteiger partial charge on any atom is 0.472 e. The van der Waals surface area contributed by atoms with E-state index in [1.165, 1.54) is 199 Å². The van der Waals surface area contributed by atoms with Crippen LogP contribution in [0.5, 0.6) is 0 Å². The summed E-state index contributed by atoms with van der Waals surface area (Å²) in [5.41, 5.74) is 0. The maximum atomic E-state index is 14.9. The molecule has 2 saturated heterocycles. The van der Waals surface area contributed by atoms with Crippen molar-refractivity contribution in [2.45, 2.75) is 524 Å². The molecule has 3 aliphatic rings. The molecule has 0 bridgehead atoms. The number of unbranched alkanes of at least 4 members (excludes halogenated alkanes) is 48. The minimum absolute atomic E-state index is 0.0144. The van der Waals surface area contributed by atoms with E-state index < -0.39 is 162 Å². The minimum atomic E-state index is -5.81. The van der Waals surface area contributed by atoms with Crippen LogP contribution in [-0.4, -0.2) is 205 Å². The molecule has 10 N–H and O–H groups in total. The molecule has 700 valence electrons. The third-order valence-electron chi connectivity index (χ3n) is 23.9. The SMILES string of the molecule is CCCCCCCC/C=C\CCCCCC(=O)OC1C(O)C(O)C(OC2OC(CO)C(O)C(O)C2O)C(OP(=O)(O)OCC(COC(=O)CCCCCCCCCCCCCCCCC)OC(=O)CCCCCCCCCCCCCCCCCC)C1OC1OC(COC(=O)CCCCCCCCC(C)CCCCCCCC)C(O)C(O)C1O. The van der Waals surface area contributed by atoms with Crippen LogP contribution < -0.4 is 0 Å². The lowest BCUT2D eigenvalue weighted by atomic mass is 9.84. The highest BCUT2D eigenvalue weighted by molar-refractivity contribution is 7.47. The van der Waals surface area contributed by atoms with E-state index in [9.17, 15) is 74.6 Å². The van der Waals surface area contributed by atoms with Gasteiger partial charge in [0, 0.05) is 25.7 Å². The van der Waals surface area contributed by atoms with Crippen LogP contribution in [0.2, 0.25) is 0 Å². The van der Waals surface area contributed by atoms with Crippen molar-refractivity contribution >= 4 is 31.7 Å². The Morgan fingerprint density at radius 3 is 1.09 bits per heavy atom. The Hall–Kier alpha value is -2.79. The Bertz CT molecular complexity index is 2530. The van der Waals surface area contributed by atoms with Crippen LogP contribution in [0.1, 0.15) is 420 Å². The topological polar surface area (TPSA) is 380 Å². The summed E-state index contributed by atoms with van der Waals surface area (Å²) in [6.45, 7) is 7.94. The van der Waals surface area contributed by atoms with E-state index >= 15 is 0 Å². The molecule has 2 heterocycles. The molecule has 119 heavy (non-hydrogen) atoms. The molecule has 19 atom stereocenters. The Morgan fingerprint density at radius 1 is 0.353 bits per heavy atom. The van der Waals surface area contributed by atoms with Crippen LogP contribution in [0.25, 0.3) is 0 Å². The number of carbonyl (C=O) groups is 4. The first-order chi connectivity index (χ1) is 57.6. The lowest BCUT2D eigenvalue weighted by Gasteiger charge is -2.50. The van der Waals surface area contributed by atoms with Crippen molar-refractivity contribution in [3.63, 3.8) is 0 Å². The number of rotatable bonds is 78. The van der Waals surface area contributed by atoms with Gasteiger partial charge in [0.25, 0.3) is 0 Å². The first-order valence-electron chi connectivity index (χ1n) is 48.3. The summed E-state index contributed by atoms with van der Waals surface area (Å²) in [6, 6.07) is 0. The third kappa shape index (κ3) is 51.6. The molecule has 0 spiro atoms. The normalized spacial score (nSPS) is 25.1. The number of carbonyl (C=O) groups excluding carboxylic acids is 4. The summed E-state index contributed by atoms with van der Waals surface area (Å²) in [5.74, 6) is -2.28. The molecule has 3 rings (SSSR count). The monoisotopic (exact) mass is 1720 g/mol. The molecule has 0 amide bonds. The van der Waals surface area contributed by atoms with Crippen LogP contribution in [0.3, 0.4) is 0 Å². The summed E-state index contributed by atoms with van der Waals surface area (Å²) in [4.78, 5) is 66.6. The van der Waals surface area contributed by atoms with Gasteiger partial charge >= 0.3 is 31.7 Å². The molecule has 19 unspecified atom stereocenters. The summed E-state index contributed by atoms with van der Waals surface area (Å²) in [6.07, 6.45) is 29.2. The second-order valence-corrected chi connectivity index (χ2v) is 36.3. The first-order valence-corrected chi connectivity index (χ1v) is 49.8. The van der Waals surface area contributed by atoms with Gasteiger partial charge < -0.3 is 88.7 Å². The fraction of sp³-hybridized carbons (Fsp3) is 0.935. The highest BCUT2D eigenvalue weighted by atomic mass is 31.2. The van der Waals surface area contributed by atoms with E-state index in [1.54, 1.807) is 0 Å². The van der Waals surface area contributed by atoms with Gasteiger partial charge in [0.15, 0.2) is 24.8 Å². The zero-order chi connectivity index (χ0) is 86.9. The molecule has 26 heteroatoms. The molecular formula is C93H173O25P. The number of phosphoric ester groups is 1. The second-order valence-electron chi connectivity index (χ2n) is 34.9. The van der Waals surface area contributed by atoms with Gasteiger partial charge in [0.1, 0.15) is 92.6 Å². The number of allylic oxidation sites excluding steroid dienone is 2. The van der Waals surface area contributed by atoms with Crippen molar-refractivity contribution in [3.8, 4) is 0 Å². The molecule has 25 nitrogen and oxygen atoms in total. The molecule has 0 aromatic rings. The first kappa shape index (κ1) is 110. The van der Waals surface area contributed by atoms with Gasteiger partial charge in [0.05, 0.1) is 13.2 Å². The zero-order valence-electron chi connectivity index (χ0n) is 74.8. The molecule has 2 aliphatic heterocycles. The summed E-state index contributed by atoms with van der Waals surface area (Å²) < 4.78 is 73.5. The fourth-order valence-corrected chi connectivity index (χ4v) is 17.1. The number of aliphatic hydroxyl groups excluding tert-OH is 9. The summed E-state index contributed by atoms with van der Waals surface area (Å²) >= 11 is 0. The predicted octanol–water partition coefficient (Wildman–Crippen LogP) is 18.2. The number of esters is 4. The number of ether oxygens (including phenoxy) is 8. The largest absolute Gasteiger partial charge is 0.472 e. The molecule has 0 aromatic heterocycles. The Balaban J connectivity index is 1.91. The van der Waals surface area contributed by atoms with Gasteiger partial charge in [-0.2, -0.15) is 0 Å². The minimum Gasteiger partial charge on any atom is -0.463 e. The van der Waals surface area contributed by atoms with E-state index in [-0.39, 0.29) is 32.1 Å². The number of hydrogen-bond acceptors (Lipinski definition) is 24. The van der Waals surface area contributed by atoms with Crippen LogP contribution in [0.4, 0.5) is 0 Å². The number of aliphatic hydroxyl groups is 9. The lowest BCUT2D eigenvalue weighted by molar-refractivity contribution is -0.360. The predicted molar refractivity (Wildman–Crippen MR) is 463 cm³/mol. The average molecular weight is 1720 g/mol. The van der Waals surface area contributed by atoms with Gasteiger partial charge in [-0.1, -0.05) is 355 Å². The molecule has 0 aromatic carbocycles. The van der Waals surface area contributed by atoms with Crippen LogP contribution >= 0.6 is 7.82 Å². The Kier molecular flexibility index (Phi) is 66.1. The second kappa shape index (κ2) is 71.3. The van der Waals surface area contributed by atoms with E-state index in [0.29, 0.717) is 38.0 Å². The molecule has 3 fully saturated rings. The van der Waals surface area contributed by atoms with Crippen LogP contribution in [0, 0.1) is 5.92 Å². The Labute approximate surface area is 718 Å². The van der Waals surface area contributed by atoms with Crippen molar-refractivity contribution in [2.24, 2.45) is 5.92 Å². The van der Waals surface area contributed by atoms with Gasteiger partial charge in [-0.3, -0.25) is 28.2 Å². The van der Waals surface area contributed by atoms with Gasteiger partial charge in [-0.15, -0.1) is 0 Å². The van der Waals surface area contributed by atoms with Crippen molar-refractivity contribution in [1.82, 2.24) is 0 Å². The number of phosphoric acid groups is 1. The summed E-state index contributed by atoms with van der Waals surface area (Å²) in [7, 11) is -5.81.